The van der Waals surface area contributed by atoms with Crippen LogP contribution in [0.25, 0.3) is 11.3 Å². The maximum absolute atomic E-state index is 12.2. The fourth-order valence-corrected chi connectivity index (χ4v) is 3.26. The van der Waals surface area contributed by atoms with Crippen molar-refractivity contribution in [3.8, 4) is 17.3 Å². The van der Waals surface area contributed by atoms with E-state index in [0.717, 1.165) is 24.2 Å². The number of anilines is 2. The fraction of sp³-hybridized carbons (Fsp3) is 0.136. The second-order valence-electron chi connectivity index (χ2n) is 6.73. The van der Waals surface area contributed by atoms with Gasteiger partial charge in [-0.15, -0.1) is 0 Å². The second-order valence-corrected chi connectivity index (χ2v) is 6.73. The Bertz CT molecular complexity index is 1190. The zero-order chi connectivity index (χ0) is 20.9. The van der Waals surface area contributed by atoms with Crippen LogP contribution < -0.4 is 15.9 Å². The lowest BCUT2D eigenvalue weighted by Crippen LogP contribution is -2.23. The van der Waals surface area contributed by atoms with Crippen molar-refractivity contribution < 1.29 is 4.79 Å². The molecule has 0 spiro atoms. The van der Waals surface area contributed by atoms with Gasteiger partial charge in [-0.05, 0) is 24.1 Å². The van der Waals surface area contributed by atoms with Gasteiger partial charge in [0, 0.05) is 24.2 Å². The molecule has 0 saturated carbocycles. The Balaban J connectivity index is 1.52. The van der Waals surface area contributed by atoms with E-state index in [1.165, 1.54) is 0 Å². The van der Waals surface area contributed by atoms with Crippen LogP contribution in [0.5, 0.6) is 0 Å². The quantitative estimate of drug-likeness (QED) is 0.507. The Morgan fingerprint density at radius 1 is 1.13 bits per heavy atom. The van der Waals surface area contributed by atoms with Gasteiger partial charge in [-0.2, -0.15) is 10.4 Å². The molecule has 2 N–H and O–H groups in total. The molecule has 148 valence electrons. The van der Waals surface area contributed by atoms with Crippen LogP contribution in [0.15, 0.2) is 64.5 Å². The summed E-state index contributed by atoms with van der Waals surface area (Å²) in [5.41, 5.74) is 4.75. The van der Waals surface area contributed by atoms with Gasteiger partial charge < -0.3 is 4.90 Å². The Morgan fingerprint density at radius 2 is 1.90 bits per heavy atom. The summed E-state index contributed by atoms with van der Waals surface area (Å²) in [6.07, 6.45) is 3.05. The van der Waals surface area contributed by atoms with Crippen molar-refractivity contribution in [1.29, 1.82) is 5.26 Å². The molecule has 4 rings (SSSR count). The number of carbonyl (C=O) groups excluding carboxylic acids is 1. The highest BCUT2D eigenvalue weighted by atomic mass is 16.2. The molecule has 8 heteroatoms. The summed E-state index contributed by atoms with van der Waals surface area (Å²) in [5, 5.41) is 13.4. The lowest BCUT2D eigenvalue weighted by molar-refractivity contribution is -0.117. The third-order valence-electron chi connectivity index (χ3n) is 4.74. The third kappa shape index (κ3) is 3.95. The minimum Gasteiger partial charge on any atom is -0.312 e. The number of nitrogens with zero attached hydrogens (tertiary/aromatic N) is 4. The number of benzene rings is 2. The SMILES string of the molecule is N#Cc1c(-c2ccccc2)nc(NN=Cc2ccc(N3CCCC3=O)cc2)[nH]c1=O. The number of aromatic amines is 1. The van der Waals surface area contributed by atoms with E-state index >= 15 is 0 Å². The predicted molar refractivity (Wildman–Crippen MR) is 114 cm³/mol. The average molecular weight is 398 g/mol. The summed E-state index contributed by atoms with van der Waals surface area (Å²) in [4.78, 5) is 32.7. The van der Waals surface area contributed by atoms with Crippen LogP contribution in [-0.4, -0.2) is 28.6 Å². The topological polar surface area (TPSA) is 114 Å². The highest BCUT2D eigenvalue weighted by molar-refractivity contribution is 5.95. The smallest absolute Gasteiger partial charge is 0.270 e. The molecule has 2 heterocycles. The molecule has 0 unspecified atom stereocenters. The molecule has 1 saturated heterocycles. The summed E-state index contributed by atoms with van der Waals surface area (Å²) in [5.74, 6) is 0.275. The molecule has 1 aromatic heterocycles. The summed E-state index contributed by atoms with van der Waals surface area (Å²) >= 11 is 0. The van der Waals surface area contributed by atoms with E-state index in [-0.39, 0.29) is 17.4 Å². The number of H-pyrrole nitrogens is 1. The fourth-order valence-electron chi connectivity index (χ4n) is 3.26. The van der Waals surface area contributed by atoms with Crippen LogP contribution in [0.2, 0.25) is 0 Å². The molecule has 0 radical (unpaired) electrons. The van der Waals surface area contributed by atoms with Gasteiger partial charge >= 0.3 is 0 Å². The van der Waals surface area contributed by atoms with Crippen molar-refractivity contribution in [3.05, 3.63) is 76.1 Å². The van der Waals surface area contributed by atoms with E-state index in [1.807, 2.05) is 48.5 Å². The first-order valence-corrected chi connectivity index (χ1v) is 9.45. The Morgan fingerprint density at radius 3 is 2.57 bits per heavy atom. The van der Waals surface area contributed by atoms with E-state index in [0.29, 0.717) is 17.7 Å². The molecule has 30 heavy (non-hydrogen) atoms. The number of nitriles is 1. The van der Waals surface area contributed by atoms with Gasteiger partial charge in [-0.1, -0.05) is 42.5 Å². The Hall–Kier alpha value is -4.25. The highest BCUT2D eigenvalue weighted by Crippen LogP contribution is 2.21. The minimum absolute atomic E-state index is 0.0530. The standard InChI is InChI=1S/C22H18N6O2/c23-13-18-20(16-5-2-1-3-6-16)25-22(26-21(18)30)27-24-14-15-8-10-17(11-9-15)28-12-4-7-19(28)29/h1-3,5-6,8-11,14H,4,7,12H2,(H2,25,26,27,30). The number of amides is 1. The molecule has 0 atom stereocenters. The second kappa shape index (κ2) is 8.41. The van der Waals surface area contributed by atoms with Crippen LogP contribution in [-0.2, 0) is 4.79 Å². The van der Waals surface area contributed by atoms with Crippen LogP contribution >= 0.6 is 0 Å². The van der Waals surface area contributed by atoms with Gasteiger partial charge in [0.25, 0.3) is 5.56 Å². The van der Waals surface area contributed by atoms with Crippen LogP contribution in [0, 0.1) is 11.3 Å². The van der Waals surface area contributed by atoms with E-state index in [2.05, 4.69) is 20.5 Å². The van der Waals surface area contributed by atoms with Crippen LogP contribution in [0.4, 0.5) is 11.6 Å². The molecule has 8 nitrogen and oxygen atoms in total. The largest absolute Gasteiger partial charge is 0.312 e. The highest BCUT2D eigenvalue weighted by Gasteiger charge is 2.21. The van der Waals surface area contributed by atoms with Crippen molar-refractivity contribution in [2.24, 2.45) is 5.10 Å². The number of hydrogen-bond donors (Lipinski definition) is 2. The molecule has 3 aromatic rings. The lowest BCUT2D eigenvalue weighted by Gasteiger charge is -2.15. The molecule has 0 aliphatic carbocycles. The van der Waals surface area contributed by atoms with E-state index in [9.17, 15) is 14.9 Å². The normalized spacial score (nSPS) is 13.6. The van der Waals surface area contributed by atoms with Crippen molar-refractivity contribution in [1.82, 2.24) is 9.97 Å². The maximum Gasteiger partial charge on any atom is 0.270 e. The predicted octanol–water partition coefficient (Wildman–Crippen LogP) is 2.88. The Kier molecular flexibility index (Phi) is 5.35. The van der Waals surface area contributed by atoms with E-state index in [1.54, 1.807) is 23.2 Å². The van der Waals surface area contributed by atoms with Gasteiger partial charge in [-0.3, -0.25) is 14.6 Å². The van der Waals surface area contributed by atoms with Crippen LogP contribution in [0.3, 0.4) is 0 Å². The first kappa shape index (κ1) is 19.1. The van der Waals surface area contributed by atoms with Crippen molar-refractivity contribution >= 4 is 23.8 Å². The van der Waals surface area contributed by atoms with Gasteiger partial charge in [0.05, 0.1) is 11.9 Å². The number of nitrogens with one attached hydrogen (secondary N) is 2. The van der Waals surface area contributed by atoms with Crippen LogP contribution in [0.1, 0.15) is 24.0 Å². The molecular formula is C22H18N6O2. The molecule has 1 amide bonds. The molecular weight excluding hydrogens is 380 g/mol. The third-order valence-corrected chi connectivity index (χ3v) is 4.74. The minimum atomic E-state index is -0.538. The van der Waals surface area contributed by atoms with Gasteiger partial charge in [0.15, 0.2) is 0 Å². The summed E-state index contributed by atoms with van der Waals surface area (Å²) in [7, 11) is 0. The molecule has 2 aromatic carbocycles. The molecule has 1 aliphatic heterocycles. The first-order chi connectivity index (χ1) is 14.7. The number of rotatable bonds is 5. The average Bonchev–Trinajstić information content (AvgIpc) is 3.20. The van der Waals surface area contributed by atoms with E-state index in [4.69, 9.17) is 0 Å². The van der Waals surface area contributed by atoms with Gasteiger partial charge in [-0.25, -0.2) is 10.4 Å². The summed E-state index contributed by atoms with van der Waals surface area (Å²) in [6, 6.07) is 18.4. The summed E-state index contributed by atoms with van der Waals surface area (Å²) in [6.45, 7) is 0.745. The molecule has 1 fully saturated rings. The van der Waals surface area contributed by atoms with Crippen molar-refractivity contribution in [2.75, 3.05) is 16.9 Å². The maximum atomic E-state index is 12.2. The first-order valence-electron chi connectivity index (χ1n) is 9.45. The molecule has 0 bridgehead atoms. The zero-order valence-electron chi connectivity index (χ0n) is 16.0. The number of aromatic nitrogens is 2. The molecule has 1 aliphatic rings. The summed E-state index contributed by atoms with van der Waals surface area (Å²) < 4.78 is 0. The number of carbonyl (C=O) groups is 1. The monoisotopic (exact) mass is 398 g/mol. The van der Waals surface area contributed by atoms with Crippen molar-refractivity contribution in [3.63, 3.8) is 0 Å². The lowest BCUT2D eigenvalue weighted by atomic mass is 10.1. The van der Waals surface area contributed by atoms with Gasteiger partial charge in [0.1, 0.15) is 11.6 Å². The van der Waals surface area contributed by atoms with Gasteiger partial charge in [0.2, 0.25) is 11.9 Å². The number of hydrogen-bond acceptors (Lipinski definition) is 6. The van der Waals surface area contributed by atoms with E-state index < -0.39 is 5.56 Å². The Labute approximate surface area is 172 Å². The van der Waals surface area contributed by atoms with Crippen molar-refractivity contribution in [2.45, 2.75) is 12.8 Å². The zero-order valence-corrected chi connectivity index (χ0v) is 16.0. The number of hydrazone groups is 1.